The lowest BCUT2D eigenvalue weighted by Crippen LogP contribution is -2.54. The van der Waals surface area contributed by atoms with E-state index in [1.807, 2.05) is 0 Å². The van der Waals surface area contributed by atoms with Crippen molar-refractivity contribution in [1.29, 1.82) is 5.26 Å². The number of piperazine rings is 1. The van der Waals surface area contributed by atoms with Crippen molar-refractivity contribution in [1.82, 2.24) is 10.2 Å². The van der Waals surface area contributed by atoms with Gasteiger partial charge in [-0.1, -0.05) is 19.3 Å². The zero-order valence-electron chi connectivity index (χ0n) is 9.41. The molecule has 1 aliphatic carbocycles. The predicted molar refractivity (Wildman–Crippen MR) is 60.5 cm³/mol. The van der Waals surface area contributed by atoms with Gasteiger partial charge in [-0.25, -0.2) is 0 Å². The van der Waals surface area contributed by atoms with Crippen LogP contribution in [0.4, 0.5) is 0 Å². The molecule has 0 amide bonds. The van der Waals surface area contributed by atoms with Crippen molar-refractivity contribution >= 4 is 0 Å². The molecule has 3 heteroatoms. The van der Waals surface area contributed by atoms with Crippen LogP contribution in [0.15, 0.2) is 0 Å². The highest BCUT2D eigenvalue weighted by molar-refractivity contribution is 4.89. The summed E-state index contributed by atoms with van der Waals surface area (Å²) in [5, 5.41) is 12.1. The number of rotatable bonds is 2. The minimum absolute atomic E-state index is 0.408. The Hall–Kier alpha value is -0.590. The summed E-state index contributed by atoms with van der Waals surface area (Å²) >= 11 is 0. The molecule has 0 radical (unpaired) electrons. The molecule has 2 aliphatic rings. The smallest absolute Gasteiger partial charge is 0.0638 e. The second-order valence-corrected chi connectivity index (χ2v) is 4.80. The van der Waals surface area contributed by atoms with Gasteiger partial charge in [-0.05, 0) is 12.8 Å². The molecule has 0 aromatic rings. The van der Waals surface area contributed by atoms with E-state index in [4.69, 9.17) is 5.26 Å². The van der Waals surface area contributed by atoms with Gasteiger partial charge in [0.05, 0.1) is 12.5 Å². The minimum atomic E-state index is 0.408. The maximum atomic E-state index is 8.71. The van der Waals surface area contributed by atoms with Gasteiger partial charge in [0.2, 0.25) is 0 Å². The van der Waals surface area contributed by atoms with Crippen LogP contribution in [0.3, 0.4) is 0 Å². The van der Waals surface area contributed by atoms with Gasteiger partial charge in [-0.3, -0.25) is 4.90 Å². The van der Waals surface area contributed by atoms with Crippen LogP contribution in [-0.2, 0) is 0 Å². The van der Waals surface area contributed by atoms with Crippen molar-refractivity contribution in [2.75, 3.05) is 19.6 Å². The zero-order chi connectivity index (χ0) is 10.5. The van der Waals surface area contributed by atoms with Gasteiger partial charge in [-0.15, -0.1) is 0 Å². The summed E-state index contributed by atoms with van der Waals surface area (Å²) in [6.07, 6.45) is 7.63. The third-order valence-corrected chi connectivity index (χ3v) is 3.72. The van der Waals surface area contributed by atoms with Crippen LogP contribution >= 0.6 is 0 Å². The van der Waals surface area contributed by atoms with E-state index < -0.39 is 0 Å². The molecule has 0 spiro atoms. The van der Waals surface area contributed by atoms with Crippen LogP contribution in [0.2, 0.25) is 0 Å². The number of hydrogen-bond acceptors (Lipinski definition) is 3. The van der Waals surface area contributed by atoms with Gasteiger partial charge in [0, 0.05) is 31.7 Å². The van der Waals surface area contributed by atoms with Gasteiger partial charge >= 0.3 is 0 Å². The first-order valence-electron chi connectivity index (χ1n) is 6.24. The molecule has 84 valence electrons. The molecule has 1 saturated heterocycles. The summed E-state index contributed by atoms with van der Waals surface area (Å²) in [4.78, 5) is 2.61. The van der Waals surface area contributed by atoms with Crippen LogP contribution < -0.4 is 5.32 Å². The second kappa shape index (κ2) is 5.48. The average molecular weight is 207 g/mol. The molecule has 2 rings (SSSR count). The maximum Gasteiger partial charge on any atom is 0.0638 e. The molecule has 3 nitrogen and oxygen atoms in total. The minimum Gasteiger partial charge on any atom is -0.310 e. The Bertz CT molecular complexity index is 228. The highest BCUT2D eigenvalue weighted by Crippen LogP contribution is 2.23. The molecular weight excluding hydrogens is 186 g/mol. The summed E-state index contributed by atoms with van der Waals surface area (Å²) < 4.78 is 0. The Kier molecular flexibility index (Phi) is 3.99. The summed E-state index contributed by atoms with van der Waals surface area (Å²) in [6.45, 7) is 3.31. The first kappa shape index (κ1) is 10.9. The van der Waals surface area contributed by atoms with Gasteiger partial charge in [0.15, 0.2) is 0 Å². The Labute approximate surface area is 92.4 Å². The summed E-state index contributed by atoms with van der Waals surface area (Å²) in [5.74, 6) is 0. The molecule has 1 unspecified atom stereocenters. The zero-order valence-corrected chi connectivity index (χ0v) is 9.41. The van der Waals surface area contributed by atoms with Crippen molar-refractivity contribution in [3.05, 3.63) is 0 Å². The second-order valence-electron chi connectivity index (χ2n) is 4.80. The van der Waals surface area contributed by atoms with E-state index in [1.165, 1.54) is 38.6 Å². The van der Waals surface area contributed by atoms with E-state index in [9.17, 15) is 0 Å². The van der Waals surface area contributed by atoms with E-state index in [-0.39, 0.29) is 0 Å². The van der Waals surface area contributed by atoms with Gasteiger partial charge in [0.25, 0.3) is 0 Å². The molecule has 2 fully saturated rings. The number of nitrogens with one attached hydrogen (secondary N) is 1. The molecular formula is C12H21N3. The third kappa shape index (κ3) is 2.93. The summed E-state index contributed by atoms with van der Waals surface area (Å²) in [7, 11) is 0. The molecule has 1 N–H and O–H groups in total. The van der Waals surface area contributed by atoms with Gasteiger partial charge in [0.1, 0.15) is 0 Å². The molecule has 1 atom stereocenters. The predicted octanol–water partition coefficient (Wildman–Crippen LogP) is 1.51. The molecule has 1 saturated carbocycles. The molecule has 0 aromatic heterocycles. The van der Waals surface area contributed by atoms with E-state index in [1.54, 1.807) is 0 Å². The summed E-state index contributed by atoms with van der Waals surface area (Å²) in [6, 6.07) is 3.49. The first-order chi connectivity index (χ1) is 7.40. The van der Waals surface area contributed by atoms with Crippen molar-refractivity contribution in [3.8, 4) is 6.07 Å². The lowest BCUT2D eigenvalue weighted by Gasteiger charge is -2.40. The van der Waals surface area contributed by atoms with Crippen LogP contribution in [0.25, 0.3) is 0 Å². The van der Waals surface area contributed by atoms with Crippen LogP contribution in [-0.4, -0.2) is 36.6 Å². The van der Waals surface area contributed by atoms with E-state index in [0.717, 1.165) is 19.1 Å². The largest absolute Gasteiger partial charge is 0.310 e. The lowest BCUT2D eigenvalue weighted by atomic mass is 9.93. The Balaban J connectivity index is 1.83. The molecule has 15 heavy (non-hydrogen) atoms. The fourth-order valence-electron chi connectivity index (χ4n) is 2.88. The average Bonchev–Trinajstić information content (AvgIpc) is 2.31. The monoisotopic (exact) mass is 207 g/mol. The van der Waals surface area contributed by atoms with E-state index >= 15 is 0 Å². The van der Waals surface area contributed by atoms with Crippen LogP contribution in [0.1, 0.15) is 38.5 Å². The summed E-state index contributed by atoms with van der Waals surface area (Å²) in [5.41, 5.74) is 0. The van der Waals surface area contributed by atoms with Crippen LogP contribution in [0.5, 0.6) is 0 Å². The highest BCUT2D eigenvalue weighted by Gasteiger charge is 2.26. The maximum absolute atomic E-state index is 8.71. The van der Waals surface area contributed by atoms with Crippen molar-refractivity contribution in [3.63, 3.8) is 0 Å². The number of nitrogens with zero attached hydrogens (tertiary/aromatic N) is 2. The van der Waals surface area contributed by atoms with Gasteiger partial charge in [-0.2, -0.15) is 5.26 Å². The Morgan fingerprint density at radius 2 is 2.07 bits per heavy atom. The standard InChI is InChI=1S/C12H21N3/c13-7-6-11-10-15(9-8-14-11)12-4-2-1-3-5-12/h11-12,14H,1-6,8-10H2. The third-order valence-electron chi connectivity index (χ3n) is 3.72. The normalized spacial score (nSPS) is 29.9. The van der Waals surface area contributed by atoms with Crippen molar-refractivity contribution in [2.24, 2.45) is 0 Å². The van der Waals surface area contributed by atoms with Crippen molar-refractivity contribution in [2.45, 2.75) is 50.6 Å². The first-order valence-corrected chi connectivity index (χ1v) is 6.24. The SMILES string of the molecule is N#CCC1CN(C2CCCCC2)CCN1. The molecule has 0 aromatic carbocycles. The fourth-order valence-corrected chi connectivity index (χ4v) is 2.88. The quantitative estimate of drug-likeness (QED) is 0.746. The molecule has 1 heterocycles. The number of nitriles is 1. The number of hydrogen-bond donors (Lipinski definition) is 1. The molecule has 1 aliphatic heterocycles. The highest BCUT2D eigenvalue weighted by atomic mass is 15.2. The lowest BCUT2D eigenvalue weighted by molar-refractivity contribution is 0.116. The van der Waals surface area contributed by atoms with E-state index in [0.29, 0.717) is 12.5 Å². The van der Waals surface area contributed by atoms with Crippen LogP contribution in [0, 0.1) is 11.3 Å². The topological polar surface area (TPSA) is 39.1 Å². The van der Waals surface area contributed by atoms with E-state index in [2.05, 4.69) is 16.3 Å². The fraction of sp³-hybridized carbons (Fsp3) is 0.917. The Morgan fingerprint density at radius 3 is 2.80 bits per heavy atom. The van der Waals surface area contributed by atoms with Crippen molar-refractivity contribution < 1.29 is 0 Å². The van der Waals surface area contributed by atoms with Gasteiger partial charge < -0.3 is 5.32 Å². The molecule has 0 bridgehead atoms. The Morgan fingerprint density at radius 1 is 1.27 bits per heavy atom.